The molecular formula is C19H22N4O4. The Kier molecular flexibility index (Phi) is 3.80. The van der Waals surface area contributed by atoms with E-state index in [1.807, 2.05) is 19.1 Å². The summed E-state index contributed by atoms with van der Waals surface area (Å²) in [6.45, 7) is 4.94. The molecule has 8 heteroatoms. The number of hydrogen-bond acceptors (Lipinski definition) is 6. The van der Waals surface area contributed by atoms with Gasteiger partial charge in [0.25, 0.3) is 0 Å². The quantitative estimate of drug-likeness (QED) is 0.693. The Balaban J connectivity index is 1.38. The number of aromatic nitrogens is 2. The third-order valence-electron chi connectivity index (χ3n) is 5.97. The molecule has 5 heterocycles. The second-order valence-corrected chi connectivity index (χ2v) is 7.68. The summed E-state index contributed by atoms with van der Waals surface area (Å²) >= 11 is 0. The number of rotatable bonds is 3. The largest absolute Gasteiger partial charge is 0.378 e. The Bertz CT molecular complexity index is 804. The van der Waals surface area contributed by atoms with Crippen LogP contribution in [0.2, 0.25) is 0 Å². The summed E-state index contributed by atoms with van der Waals surface area (Å²) in [5.41, 5.74) is 0.884. The number of morpholine rings is 1. The molecule has 0 N–H and O–H groups in total. The maximum absolute atomic E-state index is 13.2. The highest BCUT2D eigenvalue weighted by Crippen LogP contribution is 2.52. The van der Waals surface area contributed by atoms with E-state index in [4.69, 9.17) is 9.47 Å². The molecule has 0 saturated carbocycles. The fraction of sp³-hybridized carbons (Fsp3) is 0.579. The maximum Gasteiger partial charge on any atom is 0.230 e. The van der Waals surface area contributed by atoms with Gasteiger partial charge in [0.15, 0.2) is 0 Å². The van der Waals surface area contributed by atoms with Crippen LogP contribution in [0.25, 0.3) is 0 Å². The molecular weight excluding hydrogens is 348 g/mol. The molecule has 3 saturated heterocycles. The lowest BCUT2D eigenvalue weighted by Gasteiger charge is -2.32. The normalized spacial score (nSPS) is 34.4. The van der Waals surface area contributed by atoms with Gasteiger partial charge < -0.3 is 19.3 Å². The summed E-state index contributed by atoms with van der Waals surface area (Å²) in [6, 6.07) is 0. The molecule has 0 aromatic carbocycles. The molecule has 5 rings (SSSR count). The second-order valence-electron chi connectivity index (χ2n) is 7.68. The van der Waals surface area contributed by atoms with Gasteiger partial charge in [0.05, 0.1) is 61.8 Å². The number of fused-ring (bicyclic) bond motifs is 1. The number of likely N-dealkylation sites (tertiary alicyclic amines) is 1. The second kappa shape index (κ2) is 6.10. The van der Waals surface area contributed by atoms with Gasteiger partial charge in [0, 0.05) is 19.3 Å². The van der Waals surface area contributed by atoms with E-state index >= 15 is 0 Å². The first-order valence-corrected chi connectivity index (χ1v) is 9.37. The Morgan fingerprint density at radius 1 is 1.30 bits per heavy atom. The first kappa shape index (κ1) is 16.8. The van der Waals surface area contributed by atoms with Crippen LogP contribution in [0.4, 0.5) is 0 Å². The zero-order chi connectivity index (χ0) is 18.6. The highest BCUT2D eigenvalue weighted by molar-refractivity contribution is 5.93. The number of hydrogen-bond donors (Lipinski definition) is 0. The van der Waals surface area contributed by atoms with E-state index in [1.165, 1.54) is 0 Å². The van der Waals surface area contributed by atoms with Crippen molar-refractivity contribution < 1.29 is 19.1 Å². The van der Waals surface area contributed by atoms with Gasteiger partial charge in [-0.05, 0) is 6.92 Å². The van der Waals surface area contributed by atoms with Crippen molar-refractivity contribution in [3.63, 3.8) is 0 Å². The van der Waals surface area contributed by atoms with Gasteiger partial charge in [-0.15, -0.1) is 0 Å². The fourth-order valence-electron chi connectivity index (χ4n) is 4.69. The van der Waals surface area contributed by atoms with E-state index in [0.29, 0.717) is 39.4 Å². The van der Waals surface area contributed by atoms with Crippen LogP contribution in [0, 0.1) is 18.8 Å². The van der Waals surface area contributed by atoms with E-state index < -0.39 is 17.4 Å². The van der Waals surface area contributed by atoms with Gasteiger partial charge in [-0.25, -0.2) is 0 Å². The average Bonchev–Trinajstić information content (AvgIpc) is 3.32. The average molecular weight is 370 g/mol. The maximum atomic E-state index is 13.2. The predicted molar refractivity (Wildman–Crippen MR) is 93.3 cm³/mol. The third kappa shape index (κ3) is 2.58. The van der Waals surface area contributed by atoms with Crippen LogP contribution in [-0.2, 0) is 25.6 Å². The molecule has 0 radical (unpaired) electrons. The molecule has 1 aromatic heterocycles. The lowest BCUT2D eigenvalue weighted by atomic mass is 9.76. The Hall–Kier alpha value is -2.32. The van der Waals surface area contributed by atoms with Gasteiger partial charge in [0.1, 0.15) is 5.60 Å². The van der Waals surface area contributed by atoms with Crippen LogP contribution in [0.1, 0.15) is 11.4 Å². The Morgan fingerprint density at radius 3 is 2.85 bits per heavy atom. The Labute approximate surface area is 157 Å². The molecule has 8 nitrogen and oxygen atoms in total. The van der Waals surface area contributed by atoms with Crippen LogP contribution in [0.15, 0.2) is 24.5 Å². The van der Waals surface area contributed by atoms with Crippen molar-refractivity contribution in [2.75, 3.05) is 32.8 Å². The van der Waals surface area contributed by atoms with E-state index in [2.05, 4.69) is 9.97 Å². The van der Waals surface area contributed by atoms with E-state index in [9.17, 15) is 9.59 Å². The minimum absolute atomic E-state index is 0.00449. The number of carbonyl (C=O) groups is 2. The van der Waals surface area contributed by atoms with Gasteiger partial charge in [-0.3, -0.25) is 19.6 Å². The number of nitrogens with zero attached hydrogens (tertiary/aromatic N) is 4. The van der Waals surface area contributed by atoms with Crippen LogP contribution in [-0.4, -0.2) is 76.1 Å². The number of ether oxygens (including phenoxy) is 2. The van der Waals surface area contributed by atoms with Gasteiger partial charge in [0.2, 0.25) is 11.8 Å². The van der Waals surface area contributed by atoms with Crippen LogP contribution in [0.3, 0.4) is 0 Å². The van der Waals surface area contributed by atoms with Crippen molar-refractivity contribution in [3.8, 4) is 0 Å². The summed E-state index contributed by atoms with van der Waals surface area (Å²) in [7, 11) is 0. The van der Waals surface area contributed by atoms with E-state index in [0.717, 1.165) is 11.4 Å². The lowest BCUT2D eigenvalue weighted by Crippen LogP contribution is -2.49. The predicted octanol–water partition coefficient (Wildman–Crippen LogP) is -0.0742. The SMILES string of the molecule is Cc1cnc(CN2C[C@]34C=C[C@H](O3)C(C(=O)N3CCOCC3)C4C2=O)cn1. The van der Waals surface area contributed by atoms with Crippen molar-refractivity contribution in [2.45, 2.75) is 25.2 Å². The van der Waals surface area contributed by atoms with Crippen LogP contribution >= 0.6 is 0 Å². The van der Waals surface area contributed by atoms with Gasteiger partial charge in [-0.2, -0.15) is 0 Å². The molecule has 1 aromatic rings. The van der Waals surface area contributed by atoms with Crippen molar-refractivity contribution in [2.24, 2.45) is 11.8 Å². The summed E-state index contributed by atoms with van der Waals surface area (Å²) in [5.74, 6) is -0.934. The first-order valence-electron chi connectivity index (χ1n) is 9.37. The first-order chi connectivity index (χ1) is 13.1. The molecule has 2 unspecified atom stereocenters. The van der Waals surface area contributed by atoms with Crippen molar-refractivity contribution >= 4 is 11.8 Å². The molecule has 1 spiro atoms. The number of carbonyl (C=O) groups excluding carboxylic acids is 2. The van der Waals surface area contributed by atoms with E-state index in [-0.39, 0.29) is 17.9 Å². The molecule has 4 aliphatic heterocycles. The number of amides is 2. The molecule has 2 bridgehead atoms. The van der Waals surface area contributed by atoms with Gasteiger partial charge >= 0.3 is 0 Å². The monoisotopic (exact) mass is 370 g/mol. The third-order valence-corrected chi connectivity index (χ3v) is 5.97. The lowest BCUT2D eigenvalue weighted by molar-refractivity contribution is -0.146. The molecule has 3 fully saturated rings. The van der Waals surface area contributed by atoms with Crippen LogP contribution in [0.5, 0.6) is 0 Å². The van der Waals surface area contributed by atoms with Gasteiger partial charge in [-0.1, -0.05) is 12.2 Å². The van der Waals surface area contributed by atoms with E-state index in [1.54, 1.807) is 22.2 Å². The smallest absolute Gasteiger partial charge is 0.230 e. The molecule has 0 aliphatic carbocycles. The zero-order valence-corrected chi connectivity index (χ0v) is 15.2. The Morgan fingerprint density at radius 2 is 2.11 bits per heavy atom. The number of aryl methyl sites for hydroxylation is 1. The minimum atomic E-state index is -0.688. The topological polar surface area (TPSA) is 84.9 Å². The van der Waals surface area contributed by atoms with Crippen LogP contribution < -0.4 is 0 Å². The van der Waals surface area contributed by atoms with Crippen molar-refractivity contribution in [3.05, 3.63) is 35.9 Å². The fourth-order valence-corrected chi connectivity index (χ4v) is 4.69. The summed E-state index contributed by atoms with van der Waals surface area (Å²) in [6.07, 6.45) is 7.00. The summed E-state index contributed by atoms with van der Waals surface area (Å²) < 4.78 is 11.5. The standard InChI is InChI=1S/C19H22N4O4/c1-12-8-21-13(9-20-12)10-23-11-19-3-2-14(27-19)15(16(19)18(23)25)17(24)22-4-6-26-7-5-22/h2-3,8-9,14-16H,4-7,10-11H2,1H3/t14-,15?,16?,19-/m0/s1. The molecule has 2 amide bonds. The summed E-state index contributed by atoms with van der Waals surface area (Å²) in [4.78, 5) is 38.5. The molecule has 27 heavy (non-hydrogen) atoms. The summed E-state index contributed by atoms with van der Waals surface area (Å²) in [5, 5.41) is 0. The highest BCUT2D eigenvalue weighted by atomic mass is 16.5. The van der Waals surface area contributed by atoms with Crippen molar-refractivity contribution in [1.82, 2.24) is 19.8 Å². The van der Waals surface area contributed by atoms with Crippen molar-refractivity contribution in [1.29, 1.82) is 0 Å². The molecule has 4 aliphatic rings. The molecule has 4 atom stereocenters. The molecule has 142 valence electrons. The highest BCUT2D eigenvalue weighted by Gasteiger charge is 2.67. The zero-order valence-electron chi connectivity index (χ0n) is 15.2. The minimum Gasteiger partial charge on any atom is -0.378 e.